The highest BCUT2D eigenvalue weighted by atomic mass is 32.1. The molecule has 0 fully saturated rings. The number of aromatic nitrogens is 4. The van der Waals surface area contributed by atoms with Crippen LogP contribution in [0.3, 0.4) is 0 Å². The van der Waals surface area contributed by atoms with Crippen LogP contribution in [0.4, 0.5) is 0 Å². The van der Waals surface area contributed by atoms with Crippen LogP contribution in [0.5, 0.6) is 0 Å². The van der Waals surface area contributed by atoms with Crippen LogP contribution >= 0.6 is 12.2 Å². The van der Waals surface area contributed by atoms with Crippen LogP contribution in [-0.4, -0.2) is 33.5 Å². The van der Waals surface area contributed by atoms with Gasteiger partial charge >= 0.3 is 0 Å². The lowest BCUT2D eigenvalue weighted by Gasteiger charge is -2.24. The number of ether oxygens (including phenoxy) is 1. The summed E-state index contributed by atoms with van der Waals surface area (Å²) in [4.78, 5) is 16.9. The van der Waals surface area contributed by atoms with Crippen molar-refractivity contribution in [3.63, 3.8) is 0 Å². The smallest absolute Gasteiger partial charge is 0.261 e. The molecule has 2 rings (SSSR count). The molecule has 0 aliphatic rings. The van der Waals surface area contributed by atoms with Crippen LogP contribution in [0, 0.1) is 4.77 Å². The molecule has 0 radical (unpaired) electrons. The Balaban J connectivity index is 2.61. The van der Waals surface area contributed by atoms with Crippen LogP contribution < -0.4 is 5.56 Å². The molecule has 0 aromatic carbocycles. The van der Waals surface area contributed by atoms with E-state index in [-0.39, 0.29) is 11.0 Å². The first-order chi connectivity index (χ1) is 9.84. The molecule has 0 aliphatic heterocycles. The fraction of sp³-hybridized carbons (Fsp3) is 0.500. The molecular weight excluding hydrogens is 288 g/mol. The number of nitrogens with zero attached hydrogens (tertiary/aromatic N) is 2. The maximum atomic E-state index is 12.8. The van der Waals surface area contributed by atoms with Gasteiger partial charge in [0, 0.05) is 24.8 Å². The van der Waals surface area contributed by atoms with E-state index in [0.29, 0.717) is 29.3 Å². The zero-order chi connectivity index (χ0) is 15.6. The Kier molecular flexibility index (Phi) is 4.43. The highest BCUT2D eigenvalue weighted by molar-refractivity contribution is 7.71. The van der Waals surface area contributed by atoms with E-state index >= 15 is 0 Å². The first-order valence-corrected chi connectivity index (χ1v) is 7.13. The Bertz CT molecular complexity index is 736. The number of hydrogen-bond donors (Lipinski definition) is 2. The number of pyridine rings is 1. The predicted molar refractivity (Wildman–Crippen MR) is 84.0 cm³/mol. The second-order valence-electron chi connectivity index (χ2n) is 5.85. The minimum atomic E-state index is -0.135. The van der Waals surface area contributed by atoms with Crippen molar-refractivity contribution in [2.75, 3.05) is 13.7 Å². The minimum Gasteiger partial charge on any atom is -0.383 e. The van der Waals surface area contributed by atoms with Crippen molar-refractivity contribution in [1.29, 1.82) is 0 Å². The van der Waals surface area contributed by atoms with Crippen LogP contribution in [0.2, 0.25) is 0 Å². The van der Waals surface area contributed by atoms with Gasteiger partial charge in [-0.25, -0.2) is 0 Å². The normalized spacial score (nSPS) is 11.8. The highest BCUT2D eigenvalue weighted by Crippen LogP contribution is 2.22. The molecule has 2 aromatic rings. The standard InChI is InChI=1S/C14H20N4O2S/c1-14(2,3)10-6-5-9(11-15-13(21)17-16-11)12(19)18(10)7-8-20-4/h5-6H,7-8H2,1-4H3,(H2,15,16,17,21). The van der Waals surface area contributed by atoms with Crippen molar-refractivity contribution < 1.29 is 4.74 Å². The second kappa shape index (κ2) is 5.95. The van der Waals surface area contributed by atoms with Gasteiger partial charge in [0.05, 0.1) is 12.2 Å². The highest BCUT2D eigenvalue weighted by Gasteiger charge is 2.21. The third-order valence-corrected chi connectivity index (χ3v) is 3.41. The van der Waals surface area contributed by atoms with E-state index in [4.69, 9.17) is 17.0 Å². The minimum absolute atomic E-state index is 0.0998. The van der Waals surface area contributed by atoms with Gasteiger partial charge in [-0.3, -0.25) is 15.0 Å². The molecule has 114 valence electrons. The van der Waals surface area contributed by atoms with Gasteiger partial charge < -0.3 is 9.30 Å². The SMILES string of the molecule is COCCn1c(C(C)(C)C)ccc(-c2nc(=S)[nH][nH]2)c1=O. The molecule has 21 heavy (non-hydrogen) atoms. The summed E-state index contributed by atoms with van der Waals surface area (Å²) >= 11 is 4.94. The zero-order valence-electron chi connectivity index (χ0n) is 12.7. The summed E-state index contributed by atoms with van der Waals surface area (Å²) in [5.74, 6) is 0.455. The van der Waals surface area contributed by atoms with E-state index in [1.165, 1.54) is 0 Å². The molecule has 0 aliphatic carbocycles. The van der Waals surface area contributed by atoms with Crippen molar-refractivity contribution in [3.05, 3.63) is 33.0 Å². The van der Waals surface area contributed by atoms with E-state index in [1.807, 2.05) is 6.07 Å². The number of aromatic amines is 2. The quantitative estimate of drug-likeness (QED) is 0.849. The average Bonchev–Trinajstić information content (AvgIpc) is 2.82. The maximum Gasteiger partial charge on any atom is 0.261 e. The molecule has 0 amide bonds. The summed E-state index contributed by atoms with van der Waals surface area (Å²) in [6, 6.07) is 3.74. The summed E-state index contributed by atoms with van der Waals surface area (Å²) in [5.41, 5.74) is 1.22. The number of nitrogens with one attached hydrogen (secondary N) is 2. The topological polar surface area (TPSA) is 75.7 Å². The molecule has 6 nitrogen and oxygen atoms in total. The fourth-order valence-corrected chi connectivity index (χ4v) is 2.36. The van der Waals surface area contributed by atoms with Gasteiger partial charge in [0.25, 0.3) is 5.56 Å². The predicted octanol–water partition coefficient (Wildman–Crippen LogP) is 2.24. The van der Waals surface area contributed by atoms with E-state index in [0.717, 1.165) is 5.69 Å². The summed E-state index contributed by atoms with van der Waals surface area (Å²) in [6.45, 7) is 7.20. The third-order valence-electron chi connectivity index (χ3n) is 3.22. The number of methoxy groups -OCH3 is 1. The summed E-state index contributed by atoms with van der Waals surface area (Å²) in [5, 5.41) is 5.53. The molecule has 0 saturated carbocycles. The lowest BCUT2D eigenvalue weighted by molar-refractivity contribution is 0.184. The van der Waals surface area contributed by atoms with Gasteiger partial charge in [0.15, 0.2) is 5.82 Å². The third kappa shape index (κ3) is 3.30. The van der Waals surface area contributed by atoms with Gasteiger partial charge in [0.1, 0.15) is 0 Å². The Labute approximate surface area is 128 Å². The number of H-pyrrole nitrogens is 2. The molecule has 0 spiro atoms. The largest absolute Gasteiger partial charge is 0.383 e. The van der Waals surface area contributed by atoms with Crippen molar-refractivity contribution in [1.82, 2.24) is 19.7 Å². The van der Waals surface area contributed by atoms with Crippen molar-refractivity contribution in [3.8, 4) is 11.4 Å². The first kappa shape index (κ1) is 15.7. The van der Waals surface area contributed by atoms with Crippen LogP contribution in [0.15, 0.2) is 16.9 Å². The zero-order valence-corrected chi connectivity index (χ0v) is 13.5. The van der Waals surface area contributed by atoms with E-state index in [2.05, 4.69) is 36.0 Å². The molecule has 0 atom stereocenters. The second-order valence-corrected chi connectivity index (χ2v) is 6.23. The first-order valence-electron chi connectivity index (χ1n) is 6.73. The van der Waals surface area contributed by atoms with Crippen molar-refractivity contribution >= 4 is 12.2 Å². The molecule has 0 unspecified atom stereocenters. The van der Waals surface area contributed by atoms with Gasteiger partial charge in [0.2, 0.25) is 4.77 Å². The van der Waals surface area contributed by atoms with Crippen LogP contribution in [0.1, 0.15) is 26.5 Å². The molecule has 2 aromatic heterocycles. The van der Waals surface area contributed by atoms with Gasteiger partial charge in [-0.05, 0) is 24.4 Å². The lowest BCUT2D eigenvalue weighted by Crippen LogP contribution is -2.31. The van der Waals surface area contributed by atoms with E-state index in [9.17, 15) is 4.79 Å². The molecular formula is C14H20N4O2S. The van der Waals surface area contributed by atoms with Crippen LogP contribution in [-0.2, 0) is 16.7 Å². The van der Waals surface area contributed by atoms with Gasteiger partial charge in [-0.2, -0.15) is 4.98 Å². The fourth-order valence-electron chi connectivity index (χ4n) is 2.22. The van der Waals surface area contributed by atoms with Gasteiger partial charge in [-0.15, -0.1) is 0 Å². The van der Waals surface area contributed by atoms with E-state index in [1.54, 1.807) is 17.7 Å². The molecule has 2 N–H and O–H groups in total. The van der Waals surface area contributed by atoms with Gasteiger partial charge in [-0.1, -0.05) is 20.8 Å². The van der Waals surface area contributed by atoms with Crippen molar-refractivity contribution in [2.24, 2.45) is 0 Å². The monoisotopic (exact) mass is 308 g/mol. The summed E-state index contributed by atoms with van der Waals surface area (Å²) < 4.78 is 7.18. The maximum absolute atomic E-state index is 12.8. The molecule has 7 heteroatoms. The summed E-state index contributed by atoms with van der Waals surface area (Å²) in [7, 11) is 1.62. The Morgan fingerprint density at radius 2 is 2.05 bits per heavy atom. The van der Waals surface area contributed by atoms with Crippen molar-refractivity contribution in [2.45, 2.75) is 32.7 Å². The number of rotatable bonds is 4. The molecule has 0 bridgehead atoms. The van der Waals surface area contributed by atoms with E-state index < -0.39 is 0 Å². The Morgan fingerprint density at radius 3 is 2.57 bits per heavy atom. The molecule has 0 saturated heterocycles. The Morgan fingerprint density at radius 1 is 1.33 bits per heavy atom. The lowest BCUT2D eigenvalue weighted by atomic mass is 9.90. The van der Waals surface area contributed by atoms with Crippen LogP contribution in [0.25, 0.3) is 11.4 Å². The molecule has 2 heterocycles. The number of hydrogen-bond acceptors (Lipinski definition) is 4. The average molecular weight is 308 g/mol. The Hall–Kier alpha value is -1.73. The summed E-state index contributed by atoms with van der Waals surface area (Å²) in [6.07, 6.45) is 0.